The van der Waals surface area contributed by atoms with Crippen molar-refractivity contribution in [1.82, 2.24) is 0 Å². The Balaban J connectivity index is 2.64. The first-order valence-electron chi connectivity index (χ1n) is 16.9. The summed E-state index contributed by atoms with van der Waals surface area (Å²) < 4.78 is 66.6. The zero-order valence-electron chi connectivity index (χ0n) is 28.7. The summed E-state index contributed by atoms with van der Waals surface area (Å²) in [7, 11) is -8.82. The van der Waals surface area contributed by atoms with Crippen LogP contribution in [0.4, 0.5) is 0 Å². The van der Waals surface area contributed by atoms with Crippen molar-refractivity contribution in [2.45, 2.75) is 124 Å². The molecule has 0 aliphatic rings. The Morgan fingerprint density at radius 3 is 1.61 bits per heavy atom. The fourth-order valence-electron chi connectivity index (χ4n) is 6.08. The van der Waals surface area contributed by atoms with Crippen molar-refractivity contribution < 1.29 is 26.4 Å². The molecule has 0 saturated heterocycles. The number of allylic oxidation sites excluding steroid dienone is 3. The molecule has 2 aromatic carbocycles. The number of esters is 1. The molecule has 6 nitrogen and oxygen atoms in total. The van der Waals surface area contributed by atoms with E-state index in [2.05, 4.69) is 26.8 Å². The van der Waals surface area contributed by atoms with Gasteiger partial charge in [0.1, 0.15) is 0 Å². The Kier molecular flexibility index (Phi) is 17.3. The third kappa shape index (κ3) is 11.1. The van der Waals surface area contributed by atoms with Gasteiger partial charge >= 0.3 is 274 Å². The van der Waals surface area contributed by atoms with E-state index in [1.807, 2.05) is 6.92 Å². The van der Waals surface area contributed by atoms with Crippen LogP contribution in [0.25, 0.3) is 0 Å². The molecule has 0 aliphatic carbocycles. The van der Waals surface area contributed by atoms with Gasteiger partial charge in [-0.25, -0.2) is 0 Å². The molecule has 0 unspecified atom stereocenters. The summed E-state index contributed by atoms with van der Waals surface area (Å²) in [4.78, 5) is 11.3. The van der Waals surface area contributed by atoms with Crippen molar-refractivity contribution in [2.75, 3.05) is 6.61 Å². The molecule has 256 valence electrons. The zero-order valence-corrected chi connectivity index (χ0v) is 33.2. The van der Waals surface area contributed by atoms with Crippen LogP contribution in [0.3, 0.4) is 0 Å². The molecule has 0 bridgehead atoms. The van der Waals surface area contributed by atoms with Crippen LogP contribution in [0.2, 0.25) is 17.7 Å². The number of hydrogen-bond donors (Lipinski definition) is 0. The van der Waals surface area contributed by atoms with Gasteiger partial charge in [0.25, 0.3) is 0 Å². The Morgan fingerprint density at radius 1 is 0.739 bits per heavy atom. The van der Waals surface area contributed by atoms with Crippen molar-refractivity contribution in [3.63, 3.8) is 0 Å². The molecular weight excluding hydrogens is 723 g/mol. The number of benzene rings is 2. The Morgan fingerprint density at radius 2 is 1.20 bits per heavy atom. The van der Waals surface area contributed by atoms with Gasteiger partial charge in [-0.1, -0.05) is 0 Å². The van der Waals surface area contributed by atoms with Gasteiger partial charge in [0.05, 0.1) is 0 Å². The molecule has 0 saturated carbocycles. The van der Waals surface area contributed by atoms with Crippen LogP contribution in [0.1, 0.15) is 92.4 Å². The number of carbonyl (C=O) groups is 1. The van der Waals surface area contributed by atoms with Crippen LogP contribution in [-0.4, -0.2) is 51.9 Å². The molecule has 2 rings (SSSR count). The van der Waals surface area contributed by atoms with E-state index in [1.165, 1.54) is 95.2 Å². The maximum absolute atomic E-state index is 14.6. The first-order chi connectivity index (χ1) is 21.9. The fourth-order valence-corrected chi connectivity index (χ4v) is 26.6. The number of ether oxygens (including phenoxy) is 1. The van der Waals surface area contributed by atoms with Gasteiger partial charge in [-0.15, -0.1) is 0 Å². The fraction of sp³-hybridized carbons (Fsp3) is 0.541. The van der Waals surface area contributed by atoms with E-state index in [0.717, 1.165) is 10.0 Å². The standard InChI is InChI=1S/C25H29O6S2.3C4H9.Sn/c1-4-21(2)17-19-25(18-11-12-20-31-22(3)26,32(27,28)23-13-7-5-8-14-23)33(29,30)24-15-9-6-10-16-24;3*1-3-4-2;/h4-16H,1,17-20H2,2-3H3;3*1,3-4H2,2H3;/b12-11+,21-4+;;;;. The number of carbonyl (C=O) groups excluding carboxylic acids is 1. The molecule has 0 amide bonds. The van der Waals surface area contributed by atoms with E-state index in [4.69, 9.17) is 4.74 Å². The molecule has 9 heteroatoms. The molecule has 0 aromatic heterocycles. The summed E-state index contributed by atoms with van der Waals surface area (Å²) in [6, 6.07) is 15.8. The first-order valence-corrected chi connectivity index (χ1v) is 28.0. The molecular formula is C37H56O6S2Sn. The van der Waals surface area contributed by atoms with Gasteiger partial charge in [0.2, 0.25) is 0 Å². The van der Waals surface area contributed by atoms with Crippen LogP contribution < -0.4 is 0 Å². The predicted octanol–water partition coefficient (Wildman–Crippen LogP) is 9.72. The summed E-state index contributed by atoms with van der Waals surface area (Å²) in [5.41, 5.74) is 1.05. The number of hydrogen-bond acceptors (Lipinski definition) is 6. The van der Waals surface area contributed by atoms with Crippen molar-refractivity contribution in [2.24, 2.45) is 0 Å². The maximum atomic E-state index is 14.6. The van der Waals surface area contributed by atoms with Crippen molar-refractivity contribution >= 4 is 44.0 Å². The topological polar surface area (TPSA) is 94.6 Å². The number of rotatable bonds is 22. The molecule has 2 aromatic rings. The van der Waals surface area contributed by atoms with E-state index in [0.29, 0.717) is 6.42 Å². The molecule has 46 heavy (non-hydrogen) atoms. The third-order valence-electron chi connectivity index (χ3n) is 9.03. The minimum absolute atomic E-state index is 0.0292. The number of unbranched alkanes of at least 4 members (excludes halogenated alkanes) is 3. The Bertz CT molecular complexity index is 1370. The molecule has 0 atom stereocenters. The quantitative estimate of drug-likeness (QED) is 0.0672. The monoisotopic (exact) mass is 780 g/mol. The summed E-state index contributed by atoms with van der Waals surface area (Å²) in [6.07, 6.45) is 12.8. The van der Waals surface area contributed by atoms with E-state index in [1.54, 1.807) is 36.4 Å². The van der Waals surface area contributed by atoms with Crippen LogP contribution in [0, 0.1) is 0 Å². The van der Waals surface area contributed by atoms with Gasteiger partial charge in [-0.3, -0.25) is 4.79 Å². The third-order valence-corrected chi connectivity index (χ3v) is 30.0. The summed E-state index contributed by atoms with van der Waals surface area (Å²) in [6.45, 7) is 10.0. The second kappa shape index (κ2) is 19.8. The second-order valence-electron chi connectivity index (χ2n) is 12.6. The van der Waals surface area contributed by atoms with Crippen molar-refractivity contribution in [3.8, 4) is 0 Å². The normalized spacial score (nSPS) is 13.3. The van der Waals surface area contributed by atoms with E-state index < -0.39 is 48.1 Å². The second-order valence-corrected chi connectivity index (χ2v) is 31.4. The van der Waals surface area contributed by atoms with Gasteiger partial charge in [-0.2, -0.15) is 0 Å². The average Bonchev–Trinajstić information content (AvgIpc) is 3.05. The summed E-state index contributed by atoms with van der Waals surface area (Å²) in [5.74, 6) is -0.469. The SMILES string of the molecule is CCC[CH2][Sn]([CH2]/C=C(\C)CCC(C/C=C/COC(C)=O)(S(=O)(=O)c1ccccc1)S(=O)(=O)c1ccccc1)([CH2]CCC)[CH2]CCC. The molecule has 0 radical (unpaired) electrons. The average molecular weight is 780 g/mol. The molecule has 0 aliphatic heterocycles. The molecule has 0 N–H and O–H groups in total. The molecule has 0 heterocycles. The van der Waals surface area contributed by atoms with Crippen LogP contribution in [0.15, 0.2) is 94.3 Å². The minimum atomic E-state index is -4.41. The van der Waals surface area contributed by atoms with Gasteiger partial charge in [0, 0.05) is 6.92 Å². The van der Waals surface area contributed by atoms with Crippen LogP contribution in [0.5, 0.6) is 0 Å². The Labute approximate surface area is 283 Å². The number of sulfone groups is 2. The Hall–Kier alpha value is -1.91. The summed E-state index contributed by atoms with van der Waals surface area (Å²) in [5, 5.41) is 0. The van der Waals surface area contributed by atoms with Crippen molar-refractivity contribution in [3.05, 3.63) is 84.5 Å². The van der Waals surface area contributed by atoms with Crippen molar-refractivity contribution in [1.29, 1.82) is 0 Å². The van der Waals surface area contributed by atoms with Gasteiger partial charge in [-0.05, 0) is 0 Å². The zero-order chi connectivity index (χ0) is 34.1. The van der Waals surface area contributed by atoms with E-state index in [9.17, 15) is 21.6 Å². The van der Waals surface area contributed by atoms with Gasteiger partial charge in [0.15, 0.2) is 0 Å². The van der Waals surface area contributed by atoms with E-state index >= 15 is 0 Å². The predicted molar refractivity (Wildman–Crippen MR) is 193 cm³/mol. The first kappa shape index (κ1) is 40.3. The molecule has 0 spiro atoms. The molecule has 0 fully saturated rings. The van der Waals surface area contributed by atoms with Crippen LogP contribution >= 0.6 is 0 Å². The van der Waals surface area contributed by atoms with Crippen LogP contribution in [-0.2, 0) is 29.2 Å². The summed E-state index contributed by atoms with van der Waals surface area (Å²) >= 11 is -2.49. The van der Waals surface area contributed by atoms with Gasteiger partial charge < -0.3 is 0 Å². The van der Waals surface area contributed by atoms with E-state index in [-0.39, 0.29) is 29.2 Å².